The highest BCUT2D eigenvalue weighted by Crippen LogP contribution is 2.27. The van der Waals surface area contributed by atoms with E-state index in [9.17, 15) is 9.59 Å². The van der Waals surface area contributed by atoms with Crippen LogP contribution in [0.2, 0.25) is 5.02 Å². The molecule has 0 spiro atoms. The molecule has 0 radical (unpaired) electrons. The van der Waals surface area contributed by atoms with Crippen molar-refractivity contribution in [1.29, 1.82) is 0 Å². The van der Waals surface area contributed by atoms with Crippen LogP contribution in [0.1, 0.15) is 28.8 Å². The molecule has 2 aromatic heterocycles. The molecule has 2 heterocycles. The Bertz CT molecular complexity index is 1340. The van der Waals surface area contributed by atoms with Gasteiger partial charge in [0.2, 0.25) is 0 Å². The largest absolute Gasteiger partial charge is 0.451 e. The number of amides is 1. The van der Waals surface area contributed by atoms with Crippen molar-refractivity contribution in [2.75, 3.05) is 18.1 Å². The SMILES string of the molecule is CCN(C(=O)COC(=O)c1nc(-n2nc(C)cc2C)ccc1Cl)c1cccc2ccccc12. The summed E-state index contributed by atoms with van der Waals surface area (Å²) in [5, 5.41) is 6.49. The summed E-state index contributed by atoms with van der Waals surface area (Å²) in [5.41, 5.74) is 2.39. The second-order valence-corrected chi connectivity index (χ2v) is 7.96. The normalized spacial score (nSPS) is 10.9. The van der Waals surface area contributed by atoms with Gasteiger partial charge in [-0.05, 0) is 50.4 Å². The minimum atomic E-state index is -0.772. The van der Waals surface area contributed by atoms with Crippen LogP contribution in [-0.2, 0) is 9.53 Å². The Balaban J connectivity index is 1.53. The van der Waals surface area contributed by atoms with Crippen molar-refractivity contribution < 1.29 is 14.3 Å². The maximum Gasteiger partial charge on any atom is 0.359 e. The van der Waals surface area contributed by atoms with E-state index in [1.54, 1.807) is 21.7 Å². The maximum absolute atomic E-state index is 13.0. The van der Waals surface area contributed by atoms with E-state index in [1.165, 1.54) is 0 Å². The predicted molar refractivity (Wildman–Crippen MR) is 128 cm³/mol. The molecule has 4 rings (SSSR count). The minimum Gasteiger partial charge on any atom is -0.451 e. The zero-order valence-corrected chi connectivity index (χ0v) is 19.3. The number of hydrogen-bond donors (Lipinski definition) is 0. The third-order valence-electron chi connectivity index (χ3n) is 5.25. The number of carbonyl (C=O) groups excluding carboxylic acids is 2. The molecule has 0 aliphatic rings. The number of hydrogen-bond acceptors (Lipinski definition) is 5. The van der Waals surface area contributed by atoms with Gasteiger partial charge in [-0.1, -0.05) is 48.0 Å². The number of esters is 1. The first kappa shape index (κ1) is 22.5. The second-order valence-electron chi connectivity index (χ2n) is 7.55. The number of benzene rings is 2. The van der Waals surface area contributed by atoms with E-state index in [4.69, 9.17) is 16.3 Å². The first-order valence-electron chi connectivity index (χ1n) is 10.5. The molecule has 0 N–H and O–H groups in total. The molecule has 0 bridgehead atoms. The van der Waals surface area contributed by atoms with Crippen LogP contribution in [0.15, 0.2) is 60.7 Å². The van der Waals surface area contributed by atoms with E-state index in [0.717, 1.165) is 27.8 Å². The van der Waals surface area contributed by atoms with Crippen LogP contribution in [0.4, 0.5) is 5.69 Å². The number of likely N-dealkylation sites (N-methyl/N-ethyl adjacent to an activating group) is 1. The fraction of sp³-hybridized carbons (Fsp3) is 0.200. The molecule has 168 valence electrons. The van der Waals surface area contributed by atoms with Crippen molar-refractivity contribution in [2.24, 2.45) is 0 Å². The number of rotatable bonds is 6. The summed E-state index contributed by atoms with van der Waals surface area (Å²) < 4.78 is 6.92. The molecule has 7 nitrogen and oxygen atoms in total. The van der Waals surface area contributed by atoms with Gasteiger partial charge in [0, 0.05) is 17.6 Å². The van der Waals surface area contributed by atoms with Gasteiger partial charge in [0.1, 0.15) is 0 Å². The third kappa shape index (κ3) is 4.59. The van der Waals surface area contributed by atoms with Crippen molar-refractivity contribution in [2.45, 2.75) is 20.8 Å². The van der Waals surface area contributed by atoms with Crippen molar-refractivity contribution >= 4 is 39.9 Å². The van der Waals surface area contributed by atoms with Crippen LogP contribution >= 0.6 is 11.6 Å². The van der Waals surface area contributed by atoms with E-state index < -0.39 is 12.6 Å². The topological polar surface area (TPSA) is 77.3 Å². The maximum atomic E-state index is 13.0. The van der Waals surface area contributed by atoms with Crippen molar-refractivity contribution in [1.82, 2.24) is 14.8 Å². The van der Waals surface area contributed by atoms with Crippen molar-refractivity contribution in [3.63, 3.8) is 0 Å². The Morgan fingerprint density at radius 2 is 1.82 bits per heavy atom. The number of carbonyl (C=O) groups is 2. The Kier molecular flexibility index (Phi) is 6.42. The fourth-order valence-electron chi connectivity index (χ4n) is 3.75. The van der Waals surface area contributed by atoms with Crippen LogP contribution in [0.5, 0.6) is 0 Å². The first-order chi connectivity index (χ1) is 15.9. The Morgan fingerprint density at radius 1 is 1.06 bits per heavy atom. The van der Waals surface area contributed by atoms with Crippen LogP contribution in [-0.4, -0.2) is 39.8 Å². The molecule has 33 heavy (non-hydrogen) atoms. The van der Waals surface area contributed by atoms with Crippen LogP contribution in [0.3, 0.4) is 0 Å². The average molecular weight is 463 g/mol. The van der Waals surface area contributed by atoms with E-state index in [0.29, 0.717) is 12.4 Å². The predicted octanol–water partition coefficient (Wildman–Crippen LogP) is 4.90. The molecule has 0 fully saturated rings. The van der Waals surface area contributed by atoms with Crippen LogP contribution in [0.25, 0.3) is 16.6 Å². The summed E-state index contributed by atoms with van der Waals surface area (Å²) >= 11 is 6.20. The molecule has 1 amide bonds. The van der Waals surface area contributed by atoms with Gasteiger partial charge in [-0.2, -0.15) is 5.10 Å². The van der Waals surface area contributed by atoms with Gasteiger partial charge in [0.15, 0.2) is 18.1 Å². The highest BCUT2D eigenvalue weighted by atomic mass is 35.5. The molecule has 4 aromatic rings. The molecule has 0 unspecified atom stereocenters. The molecule has 0 aliphatic heterocycles. The highest BCUT2D eigenvalue weighted by molar-refractivity contribution is 6.33. The van der Waals surface area contributed by atoms with Crippen LogP contribution in [0, 0.1) is 13.8 Å². The Labute approximate surface area is 196 Å². The monoisotopic (exact) mass is 462 g/mol. The molecule has 0 atom stereocenters. The quantitative estimate of drug-likeness (QED) is 0.381. The standard InChI is InChI=1S/C25H23ClN4O3/c1-4-29(21-11-7-9-18-8-5-6-10-19(18)21)23(31)15-33-25(32)24-20(26)12-13-22(27-24)30-17(3)14-16(2)28-30/h5-14H,4,15H2,1-3H3. The number of aryl methyl sites for hydroxylation is 2. The number of anilines is 1. The van der Waals surface area contributed by atoms with Gasteiger partial charge in [-0.3, -0.25) is 4.79 Å². The summed E-state index contributed by atoms with van der Waals surface area (Å²) in [7, 11) is 0. The third-order valence-corrected chi connectivity index (χ3v) is 5.56. The number of pyridine rings is 1. The van der Waals surface area contributed by atoms with Gasteiger partial charge in [0.05, 0.1) is 16.4 Å². The average Bonchev–Trinajstić information content (AvgIpc) is 3.16. The van der Waals surface area contributed by atoms with Crippen molar-refractivity contribution in [3.8, 4) is 5.82 Å². The fourth-order valence-corrected chi connectivity index (χ4v) is 3.93. The van der Waals surface area contributed by atoms with E-state index >= 15 is 0 Å². The zero-order valence-electron chi connectivity index (χ0n) is 18.6. The molecular weight excluding hydrogens is 440 g/mol. The Morgan fingerprint density at radius 3 is 2.55 bits per heavy atom. The zero-order chi connectivity index (χ0) is 23.5. The van der Waals surface area contributed by atoms with Gasteiger partial charge >= 0.3 is 5.97 Å². The summed E-state index contributed by atoms with van der Waals surface area (Å²) in [4.78, 5) is 31.6. The van der Waals surface area contributed by atoms with E-state index in [2.05, 4.69) is 10.1 Å². The summed E-state index contributed by atoms with van der Waals surface area (Å²) in [5.74, 6) is -0.673. The molecule has 0 aliphatic carbocycles. The number of nitrogens with zero attached hydrogens (tertiary/aromatic N) is 4. The van der Waals surface area contributed by atoms with Gasteiger partial charge < -0.3 is 9.64 Å². The lowest BCUT2D eigenvalue weighted by atomic mass is 10.1. The molecule has 8 heteroatoms. The lowest BCUT2D eigenvalue weighted by Gasteiger charge is -2.22. The molecule has 0 saturated heterocycles. The second kappa shape index (κ2) is 9.42. The lowest BCUT2D eigenvalue weighted by molar-refractivity contribution is -0.121. The molecule has 0 saturated carbocycles. The Hall–Kier alpha value is -3.71. The lowest BCUT2D eigenvalue weighted by Crippen LogP contribution is -2.34. The summed E-state index contributed by atoms with van der Waals surface area (Å²) in [6.45, 7) is 5.63. The summed E-state index contributed by atoms with van der Waals surface area (Å²) in [6, 6.07) is 18.7. The minimum absolute atomic E-state index is 0.0669. The summed E-state index contributed by atoms with van der Waals surface area (Å²) in [6.07, 6.45) is 0. The molecule has 2 aromatic carbocycles. The smallest absolute Gasteiger partial charge is 0.359 e. The van der Waals surface area contributed by atoms with E-state index in [-0.39, 0.29) is 16.6 Å². The van der Waals surface area contributed by atoms with Gasteiger partial charge in [-0.25, -0.2) is 14.5 Å². The van der Waals surface area contributed by atoms with Gasteiger partial charge in [0.25, 0.3) is 5.91 Å². The number of ether oxygens (including phenoxy) is 1. The molecular formula is C25H23ClN4O3. The highest BCUT2D eigenvalue weighted by Gasteiger charge is 2.21. The van der Waals surface area contributed by atoms with Gasteiger partial charge in [-0.15, -0.1) is 0 Å². The first-order valence-corrected chi connectivity index (χ1v) is 10.9. The van der Waals surface area contributed by atoms with Crippen molar-refractivity contribution in [3.05, 3.63) is 82.8 Å². The van der Waals surface area contributed by atoms with Crippen LogP contribution < -0.4 is 4.90 Å². The number of halogens is 1. The van der Waals surface area contributed by atoms with E-state index in [1.807, 2.05) is 69.3 Å². The number of aromatic nitrogens is 3. The number of fused-ring (bicyclic) bond motifs is 1.